The Morgan fingerprint density at radius 1 is 1.12 bits per heavy atom. The van der Waals surface area contributed by atoms with Gasteiger partial charge in [-0.25, -0.2) is 13.6 Å². The van der Waals surface area contributed by atoms with Crippen LogP contribution in [0.25, 0.3) is 17.0 Å². The lowest BCUT2D eigenvalue weighted by molar-refractivity contribution is -0.159. The molecule has 0 aliphatic heterocycles. The molecule has 0 N–H and O–H groups in total. The van der Waals surface area contributed by atoms with E-state index in [-0.39, 0.29) is 18.1 Å². The Bertz CT molecular complexity index is 1370. The van der Waals surface area contributed by atoms with E-state index in [1.165, 1.54) is 6.20 Å². The van der Waals surface area contributed by atoms with Crippen LogP contribution in [0.2, 0.25) is 0 Å². The van der Waals surface area contributed by atoms with Crippen molar-refractivity contribution in [1.82, 2.24) is 19.5 Å². The van der Waals surface area contributed by atoms with Crippen LogP contribution in [0, 0.1) is 0 Å². The Kier molecular flexibility index (Phi) is 5.63. The van der Waals surface area contributed by atoms with E-state index in [0.29, 0.717) is 22.7 Å². The molecule has 32 heavy (non-hydrogen) atoms. The van der Waals surface area contributed by atoms with E-state index in [0.717, 1.165) is 5.56 Å². The van der Waals surface area contributed by atoms with Gasteiger partial charge < -0.3 is 13.7 Å². The minimum absolute atomic E-state index is 0.128. The van der Waals surface area contributed by atoms with E-state index in [1.807, 2.05) is 12.1 Å². The molecule has 0 aliphatic rings. The van der Waals surface area contributed by atoms with E-state index >= 15 is 0 Å². The average Bonchev–Trinajstić information content (AvgIpc) is 3.39. The number of ether oxygens (including phenoxy) is 1. The second-order valence-corrected chi connectivity index (χ2v) is 9.54. The van der Waals surface area contributed by atoms with Crippen molar-refractivity contribution in [1.29, 1.82) is 0 Å². The number of hydrogen-bond acceptors (Lipinski definition) is 7. The van der Waals surface area contributed by atoms with Gasteiger partial charge in [-0.05, 0) is 29.8 Å². The van der Waals surface area contributed by atoms with Crippen LogP contribution in [-0.4, -0.2) is 37.1 Å². The molecular formula is C20H18F3N5O3S. The van der Waals surface area contributed by atoms with E-state index in [4.69, 9.17) is 4.74 Å². The highest BCUT2D eigenvalue weighted by Crippen LogP contribution is 2.29. The first kappa shape index (κ1) is 21.8. The summed E-state index contributed by atoms with van der Waals surface area (Å²) in [4.78, 5) is 7.79. The normalized spacial score (nSPS) is 13.8. The molecule has 0 bridgehead atoms. The second kappa shape index (κ2) is 8.26. The highest BCUT2D eigenvalue weighted by molar-refractivity contribution is 7.92. The van der Waals surface area contributed by atoms with Crippen LogP contribution in [0.5, 0.6) is 5.75 Å². The number of benzene rings is 1. The van der Waals surface area contributed by atoms with Crippen LogP contribution < -0.4 is 4.74 Å². The summed E-state index contributed by atoms with van der Waals surface area (Å²) >= 11 is 0. The first-order valence-electron chi connectivity index (χ1n) is 9.30. The molecule has 0 amide bonds. The van der Waals surface area contributed by atoms with Crippen molar-refractivity contribution >= 4 is 15.4 Å². The Balaban J connectivity index is 1.52. The highest BCUT2D eigenvalue weighted by atomic mass is 32.2. The summed E-state index contributed by atoms with van der Waals surface area (Å²) in [7, 11) is -0.930. The van der Waals surface area contributed by atoms with E-state index in [1.54, 1.807) is 48.2 Å². The summed E-state index contributed by atoms with van der Waals surface area (Å²) in [5.41, 5.74) is 2.32. The molecule has 1 atom stereocenters. The largest absolute Gasteiger partial charge is 0.497 e. The fourth-order valence-electron chi connectivity index (χ4n) is 2.99. The molecule has 1 unspecified atom stereocenters. The van der Waals surface area contributed by atoms with Gasteiger partial charge >= 0.3 is 12.1 Å². The smallest absolute Gasteiger partial charge is 0.471 e. The number of aromatic nitrogens is 4. The van der Waals surface area contributed by atoms with Gasteiger partial charge in [0.25, 0.3) is 0 Å². The molecule has 3 aromatic heterocycles. The minimum Gasteiger partial charge on any atom is -0.497 e. The molecule has 0 saturated heterocycles. The quantitative estimate of drug-likeness (QED) is 0.423. The molecule has 4 rings (SSSR count). The van der Waals surface area contributed by atoms with Gasteiger partial charge in [0.1, 0.15) is 11.4 Å². The number of fused-ring (bicyclic) bond motifs is 1. The minimum atomic E-state index is -4.71. The average molecular weight is 465 g/mol. The lowest BCUT2D eigenvalue weighted by Crippen LogP contribution is -2.04. The molecule has 1 aromatic carbocycles. The van der Waals surface area contributed by atoms with Crippen LogP contribution in [0.1, 0.15) is 17.1 Å². The molecule has 0 aliphatic carbocycles. The maximum absolute atomic E-state index is 12.9. The molecule has 168 valence electrons. The molecule has 0 fully saturated rings. The zero-order valence-electron chi connectivity index (χ0n) is 17.0. The van der Waals surface area contributed by atoms with Crippen LogP contribution in [0.15, 0.2) is 57.7 Å². The number of nitrogens with zero attached hydrogens (tertiary/aromatic N) is 5. The zero-order chi connectivity index (χ0) is 22.9. The van der Waals surface area contributed by atoms with Crippen LogP contribution in [0.4, 0.5) is 13.2 Å². The van der Waals surface area contributed by atoms with Crippen molar-refractivity contribution < 1.29 is 26.6 Å². The first-order chi connectivity index (χ1) is 15.1. The molecule has 0 spiro atoms. The maximum Gasteiger partial charge on any atom is 0.471 e. The molecule has 12 heteroatoms. The van der Waals surface area contributed by atoms with Crippen molar-refractivity contribution in [3.8, 4) is 17.1 Å². The number of rotatable bonds is 6. The summed E-state index contributed by atoms with van der Waals surface area (Å²) in [5, 5.41) is 3.38. The van der Waals surface area contributed by atoms with Crippen molar-refractivity contribution in [2.45, 2.75) is 18.5 Å². The topological polar surface area (TPSA) is 94.9 Å². The summed E-state index contributed by atoms with van der Waals surface area (Å²) in [5.74, 6) is -0.594. The third-order valence-electron chi connectivity index (χ3n) is 4.52. The maximum atomic E-state index is 12.9. The van der Waals surface area contributed by atoms with Crippen LogP contribution in [0.3, 0.4) is 0 Å². The fourth-order valence-corrected chi connectivity index (χ4v) is 4.30. The van der Waals surface area contributed by atoms with Crippen molar-refractivity contribution in [2.24, 2.45) is 4.36 Å². The number of hydrogen-bond donors (Lipinski definition) is 0. The van der Waals surface area contributed by atoms with Gasteiger partial charge in [0.2, 0.25) is 5.82 Å². The first-order valence-corrected chi connectivity index (χ1v) is 11.4. The number of alkyl halides is 3. The van der Waals surface area contributed by atoms with Gasteiger partial charge in [0.15, 0.2) is 0 Å². The monoisotopic (exact) mass is 465 g/mol. The number of methoxy groups -OCH3 is 1. The Morgan fingerprint density at radius 2 is 1.88 bits per heavy atom. The molecule has 8 nitrogen and oxygen atoms in total. The SMILES string of the molecule is COc1ccc(CS(C)(=O)=NCc2cn3cc(-c4noc(C(F)(F)F)n4)ccc3n2)cc1. The van der Waals surface area contributed by atoms with Crippen molar-refractivity contribution in [2.75, 3.05) is 13.4 Å². The highest BCUT2D eigenvalue weighted by Gasteiger charge is 2.38. The third kappa shape index (κ3) is 4.90. The van der Waals surface area contributed by atoms with Gasteiger partial charge in [0.05, 0.1) is 25.1 Å². The van der Waals surface area contributed by atoms with Crippen LogP contribution >= 0.6 is 0 Å². The van der Waals surface area contributed by atoms with Gasteiger partial charge in [-0.1, -0.05) is 17.3 Å². The van der Waals surface area contributed by atoms with Gasteiger partial charge in [-0.15, -0.1) is 0 Å². The summed E-state index contributed by atoms with van der Waals surface area (Å²) in [6, 6.07) is 10.4. The predicted octanol–water partition coefficient (Wildman–Crippen LogP) is 4.21. The van der Waals surface area contributed by atoms with Crippen LogP contribution in [-0.2, 0) is 28.2 Å². The Hall–Kier alpha value is -3.41. The van der Waals surface area contributed by atoms with E-state index in [2.05, 4.69) is 24.0 Å². The fraction of sp³-hybridized carbons (Fsp3) is 0.250. The lowest BCUT2D eigenvalue weighted by atomic mass is 10.2. The number of halogens is 3. The number of imidazole rings is 1. The van der Waals surface area contributed by atoms with Crippen molar-refractivity contribution in [3.63, 3.8) is 0 Å². The molecule has 4 aromatic rings. The molecule has 3 heterocycles. The zero-order valence-corrected chi connectivity index (χ0v) is 17.9. The standard InChI is InChI=1S/C20H18F3N5O3S/c1-30-16-6-3-13(4-7-16)12-32(2,29)24-9-15-11-28-10-14(5-8-17(28)25-15)18-26-19(31-27-18)20(21,22)23/h3-8,10-11H,9,12H2,1-2H3. The van der Waals surface area contributed by atoms with Gasteiger partial charge in [0, 0.05) is 33.9 Å². The summed E-state index contributed by atoms with van der Waals surface area (Å²) in [6.07, 6.45) is 0.0746. The number of pyridine rings is 1. The molecule has 0 radical (unpaired) electrons. The Labute approximate surface area is 181 Å². The summed E-state index contributed by atoms with van der Waals surface area (Å²) < 4.78 is 66.2. The lowest BCUT2D eigenvalue weighted by Gasteiger charge is -2.05. The predicted molar refractivity (Wildman–Crippen MR) is 110 cm³/mol. The molecule has 0 saturated carbocycles. The van der Waals surface area contributed by atoms with Gasteiger partial charge in [-0.3, -0.25) is 0 Å². The summed E-state index contributed by atoms with van der Waals surface area (Å²) in [6.45, 7) is 0.128. The van der Waals surface area contributed by atoms with Gasteiger partial charge in [-0.2, -0.15) is 18.2 Å². The third-order valence-corrected chi connectivity index (χ3v) is 6.07. The van der Waals surface area contributed by atoms with Crippen molar-refractivity contribution in [3.05, 3.63) is 65.9 Å². The molecular weight excluding hydrogens is 447 g/mol. The Morgan fingerprint density at radius 3 is 2.53 bits per heavy atom. The van der Waals surface area contributed by atoms with E-state index < -0.39 is 21.8 Å². The second-order valence-electron chi connectivity index (χ2n) is 7.08. The van der Waals surface area contributed by atoms with E-state index in [9.17, 15) is 17.4 Å².